The summed E-state index contributed by atoms with van der Waals surface area (Å²) in [6, 6.07) is 0. The minimum Gasteiger partial charge on any atom is -0.477 e. The number of rotatable bonds is 2. The van der Waals surface area contributed by atoms with E-state index in [0.717, 1.165) is 11.3 Å². The van der Waals surface area contributed by atoms with Gasteiger partial charge in [-0.1, -0.05) is 0 Å². The average Bonchev–Trinajstić information content (AvgIpc) is 2.71. The van der Waals surface area contributed by atoms with E-state index in [2.05, 4.69) is 15.2 Å². The molecule has 2 heterocycles. The van der Waals surface area contributed by atoms with Gasteiger partial charge in [0.05, 0.1) is 11.9 Å². The lowest BCUT2D eigenvalue weighted by molar-refractivity contribution is 0.0701. The third-order valence-corrected chi connectivity index (χ3v) is 2.98. The van der Waals surface area contributed by atoms with E-state index in [1.54, 1.807) is 20.2 Å². The van der Waals surface area contributed by atoms with Crippen molar-refractivity contribution in [2.75, 3.05) is 0 Å². The molecule has 0 aromatic carbocycles. The van der Waals surface area contributed by atoms with Crippen molar-refractivity contribution in [1.82, 2.24) is 20.0 Å². The molecule has 0 aliphatic carbocycles. The largest absolute Gasteiger partial charge is 0.477 e. The monoisotopic (exact) mass is 224 g/mol. The van der Waals surface area contributed by atoms with Crippen LogP contribution in [0.2, 0.25) is 0 Å². The minimum absolute atomic E-state index is 0.246. The lowest BCUT2D eigenvalue weighted by Crippen LogP contribution is -1.94. The smallest absolute Gasteiger partial charge is 0.347 e. The molecule has 2 aromatic rings. The number of aromatic nitrogens is 4. The number of hydrogen-bond donors (Lipinski definition) is 1. The van der Waals surface area contributed by atoms with Crippen molar-refractivity contribution in [2.24, 2.45) is 7.05 Å². The van der Waals surface area contributed by atoms with Crippen molar-refractivity contribution in [3.05, 3.63) is 16.8 Å². The zero-order valence-electron chi connectivity index (χ0n) is 8.13. The van der Waals surface area contributed by atoms with Gasteiger partial charge in [-0.05, 0) is 6.92 Å². The van der Waals surface area contributed by atoms with Crippen LogP contribution in [-0.2, 0) is 7.05 Å². The van der Waals surface area contributed by atoms with Gasteiger partial charge in [-0.25, -0.2) is 9.78 Å². The molecule has 0 saturated heterocycles. The number of nitrogens with zero attached hydrogens (tertiary/aromatic N) is 4. The van der Waals surface area contributed by atoms with Crippen LogP contribution in [0.4, 0.5) is 0 Å². The van der Waals surface area contributed by atoms with Crippen molar-refractivity contribution in [2.45, 2.75) is 6.92 Å². The second kappa shape index (κ2) is 3.43. The molecule has 0 atom stereocenters. The lowest BCUT2D eigenvalue weighted by atomic mass is 10.4. The van der Waals surface area contributed by atoms with Crippen LogP contribution in [0.5, 0.6) is 0 Å². The molecule has 0 fully saturated rings. The van der Waals surface area contributed by atoms with Crippen LogP contribution in [0, 0.1) is 6.92 Å². The second-order valence-corrected chi connectivity index (χ2v) is 3.96. The Hall–Kier alpha value is -1.76. The van der Waals surface area contributed by atoms with Gasteiger partial charge < -0.3 is 5.11 Å². The highest BCUT2D eigenvalue weighted by atomic mass is 32.1. The van der Waals surface area contributed by atoms with Crippen molar-refractivity contribution in [3.63, 3.8) is 0 Å². The molecule has 0 radical (unpaired) electrons. The molecule has 0 amide bonds. The van der Waals surface area contributed by atoms with E-state index in [4.69, 9.17) is 5.11 Å². The number of thiazole rings is 1. The van der Waals surface area contributed by atoms with Gasteiger partial charge in [0.1, 0.15) is 15.6 Å². The number of carbonyl (C=O) groups is 1. The molecule has 78 valence electrons. The van der Waals surface area contributed by atoms with Gasteiger partial charge in [0.2, 0.25) is 0 Å². The standard InChI is InChI=1S/C8H8N4O2S/c1-4-6(8(13)14)15-7(10-4)5-3-9-12(2)11-5/h3H,1-2H3,(H,13,14). The Morgan fingerprint density at radius 1 is 1.60 bits per heavy atom. The Labute approximate surface area is 89.2 Å². The molecule has 2 aromatic heterocycles. The van der Waals surface area contributed by atoms with Gasteiger partial charge in [-0.3, -0.25) is 0 Å². The number of aromatic carboxylic acids is 1. The normalized spacial score (nSPS) is 10.5. The van der Waals surface area contributed by atoms with Crippen LogP contribution in [0.25, 0.3) is 10.7 Å². The first kappa shape index (κ1) is 9.78. The van der Waals surface area contributed by atoms with Crippen LogP contribution in [0.3, 0.4) is 0 Å². The second-order valence-electron chi connectivity index (χ2n) is 2.96. The molecule has 0 spiro atoms. The van der Waals surface area contributed by atoms with Gasteiger partial charge in [0, 0.05) is 7.05 Å². The fourth-order valence-electron chi connectivity index (χ4n) is 1.15. The molecule has 7 heteroatoms. The first-order valence-electron chi connectivity index (χ1n) is 4.15. The molecule has 1 N–H and O–H groups in total. The maximum Gasteiger partial charge on any atom is 0.347 e. The molecule has 2 rings (SSSR count). The average molecular weight is 224 g/mol. The highest BCUT2D eigenvalue weighted by Gasteiger charge is 2.16. The SMILES string of the molecule is Cc1nc(-c2cnn(C)n2)sc1C(=O)O. The van der Waals surface area contributed by atoms with Crippen LogP contribution >= 0.6 is 11.3 Å². The Balaban J connectivity index is 2.46. The molecule has 0 unspecified atom stereocenters. The maximum absolute atomic E-state index is 10.8. The van der Waals surface area contributed by atoms with Crippen molar-refractivity contribution >= 4 is 17.3 Å². The van der Waals surface area contributed by atoms with Crippen LogP contribution in [-0.4, -0.2) is 31.1 Å². The van der Waals surface area contributed by atoms with Crippen molar-refractivity contribution in [3.8, 4) is 10.7 Å². The highest BCUT2D eigenvalue weighted by molar-refractivity contribution is 7.16. The maximum atomic E-state index is 10.8. The topological polar surface area (TPSA) is 80.9 Å². The van der Waals surface area contributed by atoms with Crippen LogP contribution in [0.15, 0.2) is 6.20 Å². The Morgan fingerprint density at radius 2 is 2.33 bits per heavy atom. The Kier molecular flexibility index (Phi) is 2.24. The summed E-state index contributed by atoms with van der Waals surface area (Å²) in [6.45, 7) is 1.67. The van der Waals surface area contributed by atoms with E-state index in [1.165, 1.54) is 4.80 Å². The predicted octanol–water partition coefficient (Wildman–Crippen LogP) is 0.945. The van der Waals surface area contributed by atoms with E-state index in [9.17, 15) is 4.79 Å². The summed E-state index contributed by atoms with van der Waals surface area (Å²) >= 11 is 1.11. The van der Waals surface area contributed by atoms with E-state index < -0.39 is 5.97 Å². The molecule has 0 bridgehead atoms. The highest BCUT2D eigenvalue weighted by Crippen LogP contribution is 2.25. The lowest BCUT2D eigenvalue weighted by Gasteiger charge is -1.84. The molecule has 0 saturated carbocycles. The summed E-state index contributed by atoms with van der Waals surface area (Å²) in [5.74, 6) is -0.958. The first-order chi connectivity index (χ1) is 7.08. The summed E-state index contributed by atoms with van der Waals surface area (Å²) in [7, 11) is 1.70. The van der Waals surface area contributed by atoms with Crippen LogP contribution in [0.1, 0.15) is 15.4 Å². The zero-order chi connectivity index (χ0) is 11.0. The number of carboxylic acid groups (broad SMARTS) is 1. The molecule has 0 aliphatic heterocycles. The quantitative estimate of drug-likeness (QED) is 0.821. The zero-order valence-corrected chi connectivity index (χ0v) is 8.95. The van der Waals surface area contributed by atoms with E-state index >= 15 is 0 Å². The summed E-state index contributed by atoms with van der Waals surface area (Å²) in [5.41, 5.74) is 1.10. The first-order valence-corrected chi connectivity index (χ1v) is 4.97. The number of carboxylic acids is 1. The summed E-state index contributed by atoms with van der Waals surface area (Å²) in [6.07, 6.45) is 1.56. The van der Waals surface area contributed by atoms with E-state index in [0.29, 0.717) is 16.4 Å². The molecular weight excluding hydrogens is 216 g/mol. The molecular formula is C8H8N4O2S. The van der Waals surface area contributed by atoms with Crippen LogP contribution < -0.4 is 0 Å². The minimum atomic E-state index is -0.958. The third-order valence-electron chi connectivity index (χ3n) is 1.81. The van der Waals surface area contributed by atoms with Gasteiger partial charge >= 0.3 is 5.97 Å². The van der Waals surface area contributed by atoms with Gasteiger partial charge in [-0.15, -0.1) is 11.3 Å². The molecule has 0 aliphatic rings. The van der Waals surface area contributed by atoms with Crippen molar-refractivity contribution < 1.29 is 9.90 Å². The Morgan fingerprint density at radius 3 is 2.80 bits per heavy atom. The molecule has 15 heavy (non-hydrogen) atoms. The van der Waals surface area contributed by atoms with Gasteiger partial charge in [-0.2, -0.15) is 15.0 Å². The summed E-state index contributed by atoms with van der Waals surface area (Å²) < 4.78 is 0. The molecule has 6 nitrogen and oxygen atoms in total. The fraction of sp³-hybridized carbons (Fsp3) is 0.250. The predicted molar refractivity (Wildman–Crippen MR) is 53.8 cm³/mol. The van der Waals surface area contributed by atoms with E-state index in [-0.39, 0.29) is 4.88 Å². The number of hydrogen-bond acceptors (Lipinski definition) is 5. The van der Waals surface area contributed by atoms with E-state index in [1.807, 2.05) is 0 Å². The summed E-state index contributed by atoms with van der Waals surface area (Å²) in [4.78, 5) is 16.6. The fourth-order valence-corrected chi connectivity index (χ4v) is 2.00. The van der Waals surface area contributed by atoms with Crippen molar-refractivity contribution in [1.29, 1.82) is 0 Å². The Bertz CT molecular complexity index is 516. The summed E-state index contributed by atoms with van der Waals surface area (Å²) in [5, 5.41) is 17.4. The number of aryl methyl sites for hydroxylation is 2. The third kappa shape index (κ3) is 1.73. The van der Waals surface area contributed by atoms with Gasteiger partial charge in [0.15, 0.2) is 0 Å². The van der Waals surface area contributed by atoms with Gasteiger partial charge in [0.25, 0.3) is 0 Å².